The van der Waals surface area contributed by atoms with Crippen molar-refractivity contribution >= 4 is 11.9 Å². The van der Waals surface area contributed by atoms with E-state index in [1.807, 2.05) is 6.92 Å². The van der Waals surface area contributed by atoms with Crippen LogP contribution in [0.5, 0.6) is 0 Å². The van der Waals surface area contributed by atoms with E-state index >= 15 is 0 Å². The smallest absolute Gasteiger partial charge is 0.333 e. The number of rotatable bonds is 8. The second-order valence-corrected chi connectivity index (χ2v) is 3.35. The Bertz CT molecular complexity index is 270. The molecular formula is C12H20O5. The van der Waals surface area contributed by atoms with Gasteiger partial charge in [0.25, 0.3) is 0 Å². The summed E-state index contributed by atoms with van der Waals surface area (Å²) in [5.41, 5.74) is 0.535. The minimum absolute atomic E-state index is 0.0784. The van der Waals surface area contributed by atoms with Crippen molar-refractivity contribution < 1.29 is 23.8 Å². The van der Waals surface area contributed by atoms with Crippen molar-refractivity contribution in [2.24, 2.45) is 0 Å². The van der Waals surface area contributed by atoms with Gasteiger partial charge in [0.2, 0.25) is 0 Å². The largest absolute Gasteiger partial charge is 0.462 e. The molecule has 0 aromatic rings. The van der Waals surface area contributed by atoms with Gasteiger partial charge in [-0.15, -0.1) is 0 Å². The average molecular weight is 244 g/mol. The van der Waals surface area contributed by atoms with Gasteiger partial charge in [0.15, 0.2) is 0 Å². The van der Waals surface area contributed by atoms with Gasteiger partial charge in [-0.3, -0.25) is 4.79 Å². The Kier molecular flexibility index (Phi) is 9.05. The summed E-state index contributed by atoms with van der Waals surface area (Å²) in [6, 6.07) is 0. The molecule has 0 radical (unpaired) electrons. The van der Waals surface area contributed by atoms with Gasteiger partial charge in [0.1, 0.15) is 13.2 Å². The van der Waals surface area contributed by atoms with Crippen LogP contribution >= 0.6 is 0 Å². The first kappa shape index (κ1) is 15.6. The molecule has 0 aliphatic carbocycles. The van der Waals surface area contributed by atoms with Gasteiger partial charge >= 0.3 is 11.9 Å². The first-order valence-electron chi connectivity index (χ1n) is 5.63. The zero-order valence-corrected chi connectivity index (χ0v) is 10.7. The minimum atomic E-state index is -0.395. The van der Waals surface area contributed by atoms with E-state index < -0.39 is 5.97 Å². The van der Waals surface area contributed by atoms with Crippen molar-refractivity contribution in [1.82, 2.24) is 0 Å². The van der Waals surface area contributed by atoms with Crippen LogP contribution in [0.3, 0.4) is 0 Å². The molecular weight excluding hydrogens is 224 g/mol. The highest BCUT2D eigenvalue weighted by Crippen LogP contribution is 1.99. The molecule has 0 rings (SSSR count). The summed E-state index contributed by atoms with van der Waals surface area (Å²) in [5, 5.41) is 0. The summed E-state index contributed by atoms with van der Waals surface area (Å²) in [6.07, 6.45) is 2.45. The Labute approximate surface area is 102 Å². The van der Waals surface area contributed by atoms with Crippen molar-refractivity contribution in [2.75, 3.05) is 26.4 Å². The normalized spacial score (nSPS) is 11.1. The molecule has 5 heteroatoms. The van der Waals surface area contributed by atoms with Gasteiger partial charge in [-0.2, -0.15) is 0 Å². The van der Waals surface area contributed by atoms with Crippen LogP contribution in [-0.2, 0) is 23.8 Å². The maximum atomic E-state index is 11.4. The molecule has 0 unspecified atom stereocenters. The molecule has 0 amide bonds. The maximum Gasteiger partial charge on any atom is 0.333 e. The number of carbonyl (C=O) groups is 2. The molecule has 98 valence electrons. The van der Waals surface area contributed by atoms with Gasteiger partial charge in [-0.25, -0.2) is 4.79 Å². The molecule has 0 spiro atoms. The highest BCUT2D eigenvalue weighted by Gasteiger charge is 2.05. The second kappa shape index (κ2) is 9.84. The minimum Gasteiger partial charge on any atom is -0.462 e. The Hall–Kier alpha value is -1.36. The Morgan fingerprint density at radius 3 is 2.29 bits per heavy atom. The van der Waals surface area contributed by atoms with E-state index in [1.54, 1.807) is 13.0 Å². The number of carbonyl (C=O) groups excluding carboxylic acids is 2. The molecule has 0 aliphatic heterocycles. The van der Waals surface area contributed by atoms with E-state index in [-0.39, 0.29) is 19.2 Å². The zero-order valence-electron chi connectivity index (χ0n) is 10.7. The van der Waals surface area contributed by atoms with Crippen LogP contribution in [0.4, 0.5) is 0 Å². The van der Waals surface area contributed by atoms with Crippen LogP contribution < -0.4 is 0 Å². The molecule has 0 aromatic carbocycles. The molecule has 0 N–H and O–H groups in total. The standard InChI is InChI=1S/C12H20O5/c1-4-15-7-5-6-10(2)12(14)17-9-8-16-11(3)13/h6H,4-5,7-9H2,1-3H3. The third-order valence-electron chi connectivity index (χ3n) is 1.86. The lowest BCUT2D eigenvalue weighted by molar-refractivity contribution is -0.148. The molecule has 0 heterocycles. The van der Waals surface area contributed by atoms with Gasteiger partial charge in [-0.1, -0.05) is 6.08 Å². The fraction of sp³-hybridized carbons (Fsp3) is 0.667. The third kappa shape index (κ3) is 9.56. The van der Waals surface area contributed by atoms with Crippen LogP contribution in [-0.4, -0.2) is 38.4 Å². The van der Waals surface area contributed by atoms with Gasteiger partial charge < -0.3 is 14.2 Å². The van der Waals surface area contributed by atoms with E-state index in [9.17, 15) is 9.59 Å². The number of esters is 2. The van der Waals surface area contributed by atoms with Crippen molar-refractivity contribution in [3.63, 3.8) is 0 Å². The van der Waals surface area contributed by atoms with Crippen LogP contribution in [0.2, 0.25) is 0 Å². The quantitative estimate of drug-likeness (QED) is 0.367. The number of hydrogen-bond acceptors (Lipinski definition) is 5. The summed E-state index contributed by atoms with van der Waals surface area (Å²) in [5.74, 6) is -0.779. The van der Waals surface area contributed by atoms with Gasteiger partial charge in [-0.05, 0) is 20.3 Å². The average Bonchev–Trinajstić information content (AvgIpc) is 2.29. The Morgan fingerprint density at radius 1 is 1.06 bits per heavy atom. The topological polar surface area (TPSA) is 61.8 Å². The molecule has 0 atom stereocenters. The van der Waals surface area contributed by atoms with E-state index in [0.717, 1.165) is 0 Å². The van der Waals surface area contributed by atoms with Gasteiger partial charge in [0.05, 0.1) is 6.61 Å². The predicted molar refractivity (Wildman–Crippen MR) is 62.5 cm³/mol. The molecule has 0 aliphatic rings. The first-order chi connectivity index (χ1) is 8.07. The lowest BCUT2D eigenvalue weighted by Gasteiger charge is -2.05. The summed E-state index contributed by atoms with van der Waals surface area (Å²) >= 11 is 0. The lowest BCUT2D eigenvalue weighted by Crippen LogP contribution is -2.13. The molecule has 0 bridgehead atoms. The highest BCUT2D eigenvalue weighted by atomic mass is 16.6. The summed E-state index contributed by atoms with van der Waals surface area (Å²) in [7, 11) is 0. The monoisotopic (exact) mass is 244 g/mol. The van der Waals surface area contributed by atoms with Gasteiger partial charge in [0, 0.05) is 19.1 Å². The molecule has 0 saturated heterocycles. The Morgan fingerprint density at radius 2 is 1.71 bits per heavy atom. The number of hydrogen-bond donors (Lipinski definition) is 0. The van der Waals surface area contributed by atoms with Crippen LogP contribution in [0, 0.1) is 0 Å². The Balaban J connectivity index is 3.69. The van der Waals surface area contributed by atoms with Crippen molar-refractivity contribution in [2.45, 2.75) is 27.2 Å². The van der Waals surface area contributed by atoms with E-state index in [0.29, 0.717) is 25.2 Å². The molecule has 0 saturated carbocycles. The van der Waals surface area contributed by atoms with E-state index in [4.69, 9.17) is 9.47 Å². The van der Waals surface area contributed by atoms with Crippen molar-refractivity contribution in [3.8, 4) is 0 Å². The third-order valence-corrected chi connectivity index (χ3v) is 1.86. The van der Waals surface area contributed by atoms with Crippen LogP contribution in [0.1, 0.15) is 27.2 Å². The molecule has 0 fully saturated rings. The predicted octanol–water partition coefficient (Wildman–Crippen LogP) is 1.47. The zero-order chi connectivity index (χ0) is 13.1. The molecule has 5 nitrogen and oxygen atoms in total. The van der Waals surface area contributed by atoms with Crippen molar-refractivity contribution in [3.05, 3.63) is 11.6 Å². The second-order valence-electron chi connectivity index (χ2n) is 3.35. The highest BCUT2D eigenvalue weighted by molar-refractivity contribution is 5.87. The summed E-state index contributed by atoms with van der Waals surface area (Å²) in [6.45, 7) is 6.33. The van der Waals surface area contributed by atoms with Crippen LogP contribution in [0.25, 0.3) is 0 Å². The molecule has 17 heavy (non-hydrogen) atoms. The summed E-state index contributed by atoms with van der Waals surface area (Å²) < 4.78 is 14.6. The summed E-state index contributed by atoms with van der Waals surface area (Å²) in [4.78, 5) is 21.8. The fourth-order valence-electron chi connectivity index (χ4n) is 1.02. The van der Waals surface area contributed by atoms with Crippen LogP contribution in [0.15, 0.2) is 11.6 Å². The number of ether oxygens (including phenoxy) is 3. The maximum absolute atomic E-state index is 11.4. The van der Waals surface area contributed by atoms with Crippen molar-refractivity contribution in [1.29, 1.82) is 0 Å². The SMILES string of the molecule is CCOCCC=C(C)C(=O)OCCOC(C)=O. The lowest BCUT2D eigenvalue weighted by atomic mass is 10.2. The first-order valence-corrected chi connectivity index (χ1v) is 5.63. The van der Waals surface area contributed by atoms with E-state index in [2.05, 4.69) is 4.74 Å². The van der Waals surface area contributed by atoms with E-state index in [1.165, 1.54) is 6.92 Å². The fourth-order valence-corrected chi connectivity index (χ4v) is 1.02. The molecule has 0 aromatic heterocycles.